The number of thiophene rings is 1. The number of fused-ring (bicyclic) bond motifs is 5. The van der Waals surface area contributed by atoms with Crippen molar-refractivity contribution in [2.75, 3.05) is 13.1 Å². The van der Waals surface area contributed by atoms with E-state index in [1.54, 1.807) is 18.2 Å². The van der Waals surface area contributed by atoms with Crippen LogP contribution in [0.4, 0.5) is 4.39 Å². The van der Waals surface area contributed by atoms with Crippen molar-refractivity contribution >= 4 is 34.0 Å². The predicted octanol–water partition coefficient (Wildman–Crippen LogP) is 3.99. The normalized spacial score (nSPS) is 19.8. The zero-order valence-corrected chi connectivity index (χ0v) is 19.3. The first-order chi connectivity index (χ1) is 15.5. The van der Waals surface area contributed by atoms with Gasteiger partial charge in [-0.05, 0) is 36.1 Å². The van der Waals surface area contributed by atoms with E-state index >= 15 is 0 Å². The fourth-order valence-corrected chi connectivity index (χ4v) is 6.21. The number of aromatic amines is 1. The summed E-state index contributed by atoms with van der Waals surface area (Å²) in [5.41, 5.74) is 2.60. The quantitative estimate of drug-likeness (QED) is 0.477. The number of piperidine rings is 1. The second-order valence-corrected chi connectivity index (χ2v) is 9.60. The maximum Gasteiger partial charge on any atom is 0.260 e. The molecule has 2 bridgehead atoms. The van der Waals surface area contributed by atoms with Gasteiger partial charge in [-0.25, -0.2) is 9.37 Å². The van der Waals surface area contributed by atoms with E-state index in [9.17, 15) is 14.0 Å². The highest BCUT2D eigenvalue weighted by Gasteiger charge is 2.34. The molecule has 0 aliphatic carbocycles. The van der Waals surface area contributed by atoms with Crippen LogP contribution in [0, 0.1) is 11.7 Å². The maximum absolute atomic E-state index is 13.3. The van der Waals surface area contributed by atoms with Crippen LogP contribution in [-0.4, -0.2) is 32.5 Å². The Labute approximate surface area is 199 Å². The highest BCUT2D eigenvalue weighted by Crippen LogP contribution is 2.35. The Morgan fingerprint density at radius 2 is 1.91 bits per heavy atom. The first kappa shape index (κ1) is 22.0. The molecule has 1 aromatic carbocycles. The van der Waals surface area contributed by atoms with E-state index in [0.29, 0.717) is 34.4 Å². The lowest BCUT2D eigenvalue weighted by Crippen LogP contribution is -2.46. The summed E-state index contributed by atoms with van der Waals surface area (Å²) in [6.07, 6.45) is 1.09. The maximum atomic E-state index is 13.3. The Morgan fingerprint density at radius 3 is 2.73 bits per heavy atom. The molecule has 2 atom stereocenters. The average molecular weight is 485 g/mol. The summed E-state index contributed by atoms with van der Waals surface area (Å²) in [4.78, 5) is 35.9. The number of aromatic nitrogens is 3. The molecule has 0 radical (unpaired) electrons. The van der Waals surface area contributed by atoms with Gasteiger partial charge in [0.2, 0.25) is 0 Å². The summed E-state index contributed by atoms with van der Waals surface area (Å²) >= 11 is 1.43. The van der Waals surface area contributed by atoms with Crippen LogP contribution in [0.5, 0.6) is 0 Å². The van der Waals surface area contributed by atoms with E-state index in [4.69, 9.17) is 4.98 Å². The van der Waals surface area contributed by atoms with Gasteiger partial charge in [0.05, 0.1) is 11.9 Å². The minimum Gasteiger partial charge on any atom is -0.312 e. The molecule has 3 aromatic heterocycles. The second-order valence-electron chi connectivity index (χ2n) is 8.74. The van der Waals surface area contributed by atoms with Crippen LogP contribution in [0.3, 0.4) is 0 Å². The number of hydrogen-bond acceptors (Lipinski definition) is 5. The number of benzene rings is 1. The standard InChI is InChI=1S/C24H21FN4O2S.ClH/c25-17-6-4-15(5-7-17)18-13-32-24-22(18)23(31)26-20(27-24)12-28-9-14-8-16(11-28)19-2-1-3-21(30)29(19)10-14;/h1-7,13-14,16H,8-12H2,(H,26,27,31);1H/t14-,16-;/m0./s1. The summed E-state index contributed by atoms with van der Waals surface area (Å²) in [5, 5.41) is 2.46. The second kappa shape index (κ2) is 8.52. The van der Waals surface area contributed by atoms with E-state index in [0.717, 1.165) is 42.9 Å². The van der Waals surface area contributed by atoms with Gasteiger partial charge in [0.25, 0.3) is 11.1 Å². The van der Waals surface area contributed by atoms with Crippen molar-refractivity contribution in [1.29, 1.82) is 0 Å². The molecule has 1 fully saturated rings. The molecule has 0 unspecified atom stereocenters. The van der Waals surface area contributed by atoms with Gasteiger partial charge in [0.15, 0.2) is 0 Å². The van der Waals surface area contributed by atoms with E-state index in [1.807, 2.05) is 16.0 Å². The van der Waals surface area contributed by atoms with E-state index in [-0.39, 0.29) is 29.3 Å². The SMILES string of the molecule is Cl.O=c1[nH]c(CN2C[C@@H]3C[C@@H](C2)c2cccc(=O)n2C3)nc2scc(-c3ccc(F)cc3)c12. The summed E-state index contributed by atoms with van der Waals surface area (Å²) < 4.78 is 15.2. The third-order valence-corrected chi connectivity index (χ3v) is 7.45. The minimum atomic E-state index is -0.304. The van der Waals surface area contributed by atoms with Crippen molar-refractivity contribution in [1.82, 2.24) is 19.4 Å². The molecular weight excluding hydrogens is 463 g/mol. The molecule has 0 amide bonds. The molecule has 33 heavy (non-hydrogen) atoms. The highest BCUT2D eigenvalue weighted by molar-refractivity contribution is 7.17. The lowest BCUT2D eigenvalue weighted by atomic mass is 9.83. The summed E-state index contributed by atoms with van der Waals surface area (Å²) in [6, 6.07) is 11.7. The molecule has 170 valence electrons. The van der Waals surface area contributed by atoms with Crippen LogP contribution in [0.15, 0.2) is 57.4 Å². The smallest absolute Gasteiger partial charge is 0.260 e. The van der Waals surface area contributed by atoms with Crippen molar-refractivity contribution < 1.29 is 4.39 Å². The number of halogens is 2. The van der Waals surface area contributed by atoms with E-state index < -0.39 is 0 Å². The largest absolute Gasteiger partial charge is 0.312 e. The first-order valence-corrected chi connectivity index (χ1v) is 11.6. The molecule has 5 heterocycles. The molecule has 9 heteroatoms. The van der Waals surface area contributed by atoms with Gasteiger partial charge in [0.1, 0.15) is 16.5 Å². The predicted molar refractivity (Wildman–Crippen MR) is 130 cm³/mol. The third kappa shape index (κ3) is 3.92. The molecule has 6 rings (SSSR count). The van der Waals surface area contributed by atoms with Crippen molar-refractivity contribution in [2.45, 2.75) is 25.4 Å². The van der Waals surface area contributed by atoms with Crippen LogP contribution in [-0.2, 0) is 13.1 Å². The third-order valence-electron chi connectivity index (χ3n) is 6.58. The van der Waals surface area contributed by atoms with Gasteiger partial charge in [-0.3, -0.25) is 14.5 Å². The number of rotatable bonds is 3. The molecule has 0 saturated carbocycles. The van der Waals surface area contributed by atoms with Crippen LogP contribution in [0.1, 0.15) is 23.9 Å². The van der Waals surface area contributed by atoms with E-state index in [2.05, 4.69) is 16.0 Å². The number of likely N-dealkylation sites (tertiary alicyclic amines) is 1. The molecule has 6 nitrogen and oxygen atoms in total. The molecule has 1 N–H and O–H groups in total. The molecule has 0 spiro atoms. The van der Waals surface area contributed by atoms with Gasteiger partial charge in [-0.1, -0.05) is 18.2 Å². The Kier molecular flexibility index (Phi) is 5.68. The molecule has 1 saturated heterocycles. The lowest BCUT2D eigenvalue weighted by molar-refractivity contribution is 0.112. The number of nitrogens with zero attached hydrogens (tertiary/aromatic N) is 3. The Balaban J connectivity index is 0.00000228. The first-order valence-electron chi connectivity index (χ1n) is 10.7. The van der Waals surface area contributed by atoms with Crippen LogP contribution < -0.4 is 11.1 Å². The van der Waals surface area contributed by atoms with Crippen molar-refractivity contribution in [3.63, 3.8) is 0 Å². The van der Waals surface area contributed by atoms with Crippen molar-refractivity contribution in [3.8, 4) is 11.1 Å². The Bertz CT molecular complexity index is 1450. The summed E-state index contributed by atoms with van der Waals surface area (Å²) in [7, 11) is 0. The van der Waals surface area contributed by atoms with Crippen LogP contribution >= 0.6 is 23.7 Å². The molecule has 4 aromatic rings. The van der Waals surface area contributed by atoms with Gasteiger partial charge >= 0.3 is 0 Å². The van der Waals surface area contributed by atoms with Crippen LogP contribution in [0.25, 0.3) is 21.3 Å². The monoisotopic (exact) mass is 484 g/mol. The number of nitrogens with one attached hydrogen (secondary N) is 1. The van der Waals surface area contributed by atoms with Gasteiger partial charge < -0.3 is 9.55 Å². The minimum absolute atomic E-state index is 0. The van der Waals surface area contributed by atoms with Gasteiger partial charge in [-0.15, -0.1) is 23.7 Å². The molecule has 2 aliphatic heterocycles. The Hall–Kier alpha value is -2.81. The van der Waals surface area contributed by atoms with Crippen molar-refractivity contribution in [3.05, 3.63) is 85.9 Å². The van der Waals surface area contributed by atoms with Gasteiger partial charge in [-0.2, -0.15) is 0 Å². The fraction of sp³-hybridized carbons (Fsp3) is 0.292. The fourth-order valence-electron chi connectivity index (χ4n) is 5.25. The number of hydrogen-bond donors (Lipinski definition) is 1. The topological polar surface area (TPSA) is 71.0 Å². The summed E-state index contributed by atoms with van der Waals surface area (Å²) in [6.45, 7) is 3.03. The Morgan fingerprint density at radius 1 is 1.09 bits per heavy atom. The zero-order valence-electron chi connectivity index (χ0n) is 17.7. The zero-order chi connectivity index (χ0) is 21.8. The number of H-pyrrole nitrogens is 1. The average Bonchev–Trinajstić information content (AvgIpc) is 3.20. The van der Waals surface area contributed by atoms with E-state index in [1.165, 1.54) is 23.5 Å². The lowest BCUT2D eigenvalue weighted by Gasteiger charge is -2.42. The van der Waals surface area contributed by atoms with Gasteiger partial charge in [0, 0.05) is 48.3 Å². The summed E-state index contributed by atoms with van der Waals surface area (Å²) in [5.74, 6) is 1.09. The highest BCUT2D eigenvalue weighted by atomic mass is 35.5. The van der Waals surface area contributed by atoms with Crippen LogP contribution in [0.2, 0.25) is 0 Å². The van der Waals surface area contributed by atoms with Crippen molar-refractivity contribution in [2.24, 2.45) is 5.92 Å². The molecule has 2 aliphatic rings. The molecular formula is C24H22ClFN4O2S. The number of pyridine rings is 1.